The van der Waals surface area contributed by atoms with Gasteiger partial charge in [0.1, 0.15) is 0 Å². The molecule has 24 heavy (non-hydrogen) atoms. The molecule has 0 spiro atoms. The van der Waals surface area contributed by atoms with Crippen molar-refractivity contribution in [2.45, 2.75) is 45.2 Å². The van der Waals surface area contributed by atoms with E-state index in [1.807, 2.05) is 24.3 Å². The highest BCUT2D eigenvalue weighted by molar-refractivity contribution is 5.96. The number of furan rings is 1. The third-order valence-corrected chi connectivity index (χ3v) is 3.67. The molecule has 0 amide bonds. The zero-order valence-electron chi connectivity index (χ0n) is 13.9. The van der Waals surface area contributed by atoms with Gasteiger partial charge in [-0.05, 0) is 37.5 Å². The fourth-order valence-electron chi connectivity index (χ4n) is 2.18. The van der Waals surface area contributed by atoms with Gasteiger partial charge < -0.3 is 14.5 Å². The predicted octanol–water partition coefficient (Wildman–Crippen LogP) is 3.97. The Hall–Kier alpha value is -2.01. The van der Waals surface area contributed by atoms with Gasteiger partial charge in [-0.2, -0.15) is 0 Å². The molecule has 5 nitrogen and oxygen atoms in total. The summed E-state index contributed by atoms with van der Waals surface area (Å²) in [5.41, 5.74) is 0.991. The highest BCUT2D eigenvalue weighted by Crippen LogP contribution is 2.21. The van der Waals surface area contributed by atoms with E-state index in [1.54, 1.807) is 12.5 Å². The summed E-state index contributed by atoms with van der Waals surface area (Å²) in [4.78, 5) is 9.03. The van der Waals surface area contributed by atoms with E-state index in [4.69, 9.17) is 14.1 Å². The number of unbranched alkanes of at least 4 members (excludes halogenated alkanes) is 1. The van der Waals surface area contributed by atoms with E-state index in [1.165, 1.54) is 12.8 Å². The van der Waals surface area contributed by atoms with E-state index in [0.717, 1.165) is 30.0 Å². The number of hydrogen-bond donors (Lipinski definition) is 1. The zero-order valence-corrected chi connectivity index (χ0v) is 14.7. The maximum Gasteiger partial charge on any atom is 0.218 e. The van der Waals surface area contributed by atoms with E-state index < -0.39 is 0 Å². The van der Waals surface area contributed by atoms with Gasteiger partial charge in [-0.1, -0.05) is 19.4 Å². The topological polar surface area (TPSA) is 59.7 Å². The Kier molecular flexibility index (Phi) is 7.12. The van der Waals surface area contributed by atoms with Crippen molar-refractivity contribution in [1.29, 1.82) is 0 Å². The molecule has 0 aliphatic heterocycles. The first kappa shape index (κ1) is 18.3. The lowest BCUT2D eigenvalue weighted by molar-refractivity contribution is 0.294. The van der Waals surface area contributed by atoms with Crippen molar-refractivity contribution >= 4 is 18.2 Å². The number of nitrogens with zero attached hydrogens (tertiary/aromatic N) is 2. The van der Waals surface area contributed by atoms with Crippen molar-refractivity contribution in [3.05, 3.63) is 48.0 Å². The number of rotatable bonds is 8. The van der Waals surface area contributed by atoms with Gasteiger partial charge in [-0.25, -0.2) is 4.98 Å². The number of aliphatic imine (C=N–C) groups is 1. The lowest BCUT2D eigenvalue weighted by atomic mass is 10.2. The summed E-state index contributed by atoms with van der Waals surface area (Å²) in [6.07, 6.45) is 7.94. The van der Waals surface area contributed by atoms with Crippen LogP contribution in [0.15, 0.2) is 46.1 Å². The first-order valence-corrected chi connectivity index (χ1v) is 8.28. The van der Waals surface area contributed by atoms with Gasteiger partial charge in [-0.3, -0.25) is 4.99 Å². The van der Waals surface area contributed by atoms with Crippen LogP contribution in [0.5, 0.6) is 5.88 Å². The highest BCUT2D eigenvalue weighted by Gasteiger charge is 2.23. The molecule has 1 aliphatic carbocycles. The summed E-state index contributed by atoms with van der Waals surface area (Å²) in [5, 5.41) is 3.43. The van der Waals surface area contributed by atoms with Crippen LogP contribution in [-0.2, 0) is 6.54 Å². The molecule has 130 valence electrons. The van der Waals surface area contributed by atoms with Gasteiger partial charge in [0.2, 0.25) is 5.88 Å². The fraction of sp³-hybridized carbons (Fsp3) is 0.444. The quantitative estimate of drug-likeness (QED) is 0.445. The molecule has 6 heteroatoms. The second-order valence-corrected chi connectivity index (χ2v) is 5.73. The van der Waals surface area contributed by atoms with Gasteiger partial charge in [0.25, 0.3) is 0 Å². The molecule has 2 aromatic rings. The van der Waals surface area contributed by atoms with Gasteiger partial charge in [0.15, 0.2) is 11.6 Å². The zero-order chi connectivity index (χ0) is 15.9. The second kappa shape index (κ2) is 9.33. The molecule has 0 saturated heterocycles. The van der Waals surface area contributed by atoms with Crippen molar-refractivity contribution in [3.63, 3.8) is 0 Å². The van der Waals surface area contributed by atoms with Crippen LogP contribution in [-0.4, -0.2) is 23.5 Å². The largest absolute Gasteiger partial charge is 0.477 e. The lowest BCUT2D eigenvalue weighted by Gasteiger charge is -2.10. The summed E-state index contributed by atoms with van der Waals surface area (Å²) in [6, 6.07) is 8.25. The SMILES string of the molecule is CCCCOc1ncccc1CN=C(NC1CC1)c1ccco1.Cl. The van der Waals surface area contributed by atoms with Crippen LogP contribution < -0.4 is 10.1 Å². The minimum Gasteiger partial charge on any atom is -0.477 e. The number of hydrogen-bond acceptors (Lipinski definition) is 4. The monoisotopic (exact) mass is 349 g/mol. The van der Waals surface area contributed by atoms with E-state index in [0.29, 0.717) is 25.1 Å². The Labute approximate surface area is 148 Å². The maximum atomic E-state index is 5.77. The normalized spacial score (nSPS) is 14.1. The number of pyridine rings is 1. The Morgan fingerprint density at radius 1 is 1.38 bits per heavy atom. The molecule has 2 heterocycles. The molecular formula is C18H24ClN3O2. The Bertz CT molecular complexity index is 639. The van der Waals surface area contributed by atoms with Crippen molar-refractivity contribution in [2.24, 2.45) is 4.99 Å². The molecule has 0 bridgehead atoms. The van der Waals surface area contributed by atoms with Gasteiger partial charge in [0, 0.05) is 17.8 Å². The molecule has 1 saturated carbocycles. The summed E-state index contributed by atoms with van der Waals surface area (Å²) in [5.74, 6) is 2.25. The molecule has 0 atom stereocenters. The van der Waals surface area contributed by atoms with E-state index >= 15 is 0 Å². The van der Waals surface area contributed by atoms with Crippen molar-refractivity contribution in [1.82, 2.24) is 10.3 Å². The summed E-state index contributed by atoms with van der Waals surface area (Å²) < 4.78 is 11.3. The molecule has 0 radical (unpaired) electrons. The predicted molar refractivity (Wildman–Crippen MR) is 97.0 cm³/mol. The van der Waals surface area contributed by atoms with Gasteiger partial charge in [0.05, 0.1) is 19.4 Å². The Morgan fingerprint density at radius 3 is 2.96 bits per heavy atom. The lowest BCUT2D eigenvalue weighted by Crippen LogP contribution is -2.26. The molecule has 3 rings (SSSR count). The molecular weight excluding hydrogens is 326 g/mol. The maximum absolute atomic E-state index is 5.77. The van der Waals surface area contributed by atoms with E-state index in [2.05, 4.69) is 17.2 Å². The Balaban J connectivity index is 0.00000208. The van der Waals surface area contributed by atoms with Crippen molar-refractivity contribution in [2.75, 3.05) is 6.61 Å². The van der Waals surface area contributed by atoms with Crippen LogP contribution in [0.2, 0.25) is 0 Å². The molecule has 0 aromatic carbocycles. The van der Waals surface area contributed by atoms with E-state index in [9.17, 15) is 0 Å². The van der Waals surface area contributed by atoms with Crippen LogP contribution in [0.4, 0.5) is 0 Å². The molecule has 2 aromatic heterocycles. The Morgan fingerprint density at radius 2 is 2.25 bits per heavy atom. The van der Waals surface area contributed by atoms with Crippen molar-refractivity contribution in [3.8, 4) is 5.88 Å². The summed E-state index contributed by atoms with van der Waals surface area (Å²) in [6.45, 7) is 3.35. The number of aromatic nitrogens is 1. The molecule has 0 unspecified atom stereocenters. The average molecular weight is 350 g/mol. The smallest absolute Gasteiger partial charge is 0.218 e. The van der Waals surface area contributed by atoms with Crippen LogP contribution >= 0.6 is 12.4 Å². The van der Waals surface area contributed by atoms with Crippen LogP contribution in [0, 0.1) is 0 Å². The second-order valence-electron chi connectivity index (χ2n) is 5.73. The minimum absolute atomic E-state index is 0. The van der Waals surface area contributed by atoms with Crippen LogP contribution in [0.1, 0.15) is 43.9 Å². The summed E-state index contributed by atoms with van der Waals surface area (Å²) in [7, 11) is 0. The standard InChI is InChI=1S/C18H23N3O2.ClH/c1-2-3-11-23-18-14(6-4-10-19-18)13-20-17(21-15-8-9-15)16-7-5-12-22-16;/h4-7,10,12,15H,2-3,8-9,11,13H2,1H3,(H,20,21);1H. The molecule has 1 aliphatic rings. The van der Waals surface area contributed by atoms with Crippen molar-refractivity contribution < 1.29 is 9.15 Å². The van der Waals surface area contributed by atoms with E-state index in [-0.39, 0.29) is 12.4 Å². The number of amidine groups is 1. The first-order chi connectivity index (χ1) is 11.4. The summed E-state index contributed by atoms with van der Waals surface area (Å²) >= 11 is 0. The third-order valence-electron chi connectivity index (χ3n) is 3.67. The third kappa shape index (κ3) is 5.27. The highest BCUT2D eigenvalue weighted by atomic mass is 35.5. The molecule has 1 N–H and O–H groups in total. The number of ether oxygens (including phenoxy) is 1. The van der Waals surface area contributed by atoms with Gasteiger partial charge >= 0.3 is 0 Å². The minimum atomic E-state index is 0. The van der Waals surface area contributed by atoms with Crippen LogP contribution in [0.25, 0.3) is 0 Å². The molecule has 1 fully saturated rings. The average Bonchev–Trinajstić information content (AvgIpc) is 3.23. The van der Waals surface area contributed by atoms with Crippen LogP contribution in [0.3, 0.4) is 0 Å². The number of nitrogens with one attached hydrogen (secondary N) is 1. The van der Waals surface area contributed by atoms with Gasteiger partial charge in [-0.15, -0.1) is 12.4 Å². The number of halogens is 1. The first-order valence-electron chi connectivity index (χ1n) is 8.28. The fourth-order valence-corrected chi connectivity index (χ4v) is 2.18.